The standard InChI is InChI=1S/C23H31N3O3.HI/c1-16(19-8-6-7-9-20(19)27-3)14-25-23(24-2)26-11-10-17-12-21(28-4)22(29-5)13-18(17)15-26;/h6-9,12-13,16H,10-11,14-15H2,1-5H3,(H,24,25);1H. The van der Waals surface area contributed by atoms with Gasteiger partial charge < -0.3 is 24.4 Å². The van der Waals surface area contributed by atoms with Gasteiger partial charge in [0.15, 0.2) is 17.5 Å². The lowest BCUT2D eigenvalue weighted by Crippen LogP contribution is -2.45. The summed E-state index contributed by atoms with van der Waals surface area (Å²) in [5, 5.41) is 3.54. The first-order valence-electron chi connectivity index (χ1n) is 9.93. The molecule has 1 aliphatic heterocycles. The lowest BCUT2D eigenvalue weighted by atomic mass is 9.98. The van der Waals surface area contributed by atoms with Crippen LogP contribution in [0.4, 0.5) is 0 Å². The van der Waals surface area contributed by atoms with Gasteiger partial charge in [0.1, 0.15) is 5.75 Å². The van der Waals surface area contributed by atoms with E-state index in [0.29, 0.717) is 5.92 Å². The molecule has 164 valence electrons. The highest BCUT2D eigenvalue weighted by Crippen LogP contribution is 2.33. The van der Waals surface area contributed by atoms with E-state index in [2.05, 4.69) is 40.3 Å². The smallest absolute Gasteiger partial charge is 0.193 e. The van der Waals surface area contributed by atoms with Gasteiger partial charge >= 0.3 is 0 Å². The average molecular weight is 525 g/mol. The molecular weight excluding hydrogens is 493 g/mol. The summed E-state index contributed by atoms with van der Waals surface area (Å²) >= 11 is 0. The zero-order chi connectivity index (χ0) is 20.8. The van der Waals surface area contributed by atoms with Crippen molar-refractivity contribution in [1.82, 2.24) is 10.2 Å². The number of para-hydroxylation sites is 1. The van der Waals surface area contributed by atoms with Crippen molar-refractivity contribution in [3.63, 3.8) is 0 Å². The van der Waals surface area contributed by atoms with E-state index in [1.807, 2.05) is 25.2 Å². The Morgan fingerprint density at radius 3 is 2.30 bits per heavy atom. The van der Waals surface area contributed by atoms with Gasteiger partial charge in [-0.2, -0.15) is 0 Å². The topological polar surface area (TPSA) is 55.3 Å². The number of methoxy groups -OCH3 is 3. The summed E-state index contributed by atoms with van der Waals surface area (Å²) in [5.74, 6) is 3.68. The number of ether oxygens (including phenoxy) is 3. The Balaban J connectivity index is 0.00000320. The molecule has 0 saturated heterocycles. The van der Waals surface area contributed by atoms with Gasteiger partial charge in [0.05, 0.1) is 21.3 Å². The predicted molar refractivity (Wildman–Crippen MR) is 132 cm³/mol. The van der Waals surface area contributed by atoms with Crippen molar-refractivity contribution in [2.45, 2.75) is 25.8 Å². The second-order valence-corrected chi connectivity index (χ2v) is 7.22. The SMILES string of the molecule is CN=C(NCC(C)c1ccccc1OC)N1CCc2cc(OC)c(OC)cc2C1.I. The molecule has 6 nitrogen and oxygen atoms in total. The van der Waals surface area contributed by atoms with E-state index in [-0.39, 0.29) is 24.0 Å². The van der Waals surface area contributed by atoms with Gasteiger partial charge in [0, 0.05) is 32.6 Å². The van der Waals surface area contributed by atoms with E-state index < -0.39 is 0 Å². The minimum atomic E-state index is 0. The monoisotopic (exact) mass is 525 g/mol. The minimum Gasteiger partial charge on any atom is -0.496 e. The molecule has 3 rings (SSSR count). The lowest BCUT2D eigenvalue weighted by Gasteiger charge is -2.32. The maximum atomic E-state index is 5.51. The third-order valence-corrected chi connectivity index (χ3v) is 5.47. The summed E-state index contributed by atoms with van der Waals surface area (Å²) < 4.78 is 16.4. The van der Waals surface area contributed by atoms with Crippen LogP contribution in [-0.2, 0) is 13.0 Å². The van der Waals surface area contributed by atoms with Gasteiger partial charge in [-0.1, -0.05) is 25.1 Å². The van der Waals surface area contributed by atoms with Gasteiger partial charge in [0.25, 0.3) is 0 Å². The molecule has 0 fully saturated rings. The van der Waals surface area contributed by atoms with Crippen molar-refractivity contribution < 1.29 is 14.2 Å². The molecule has 0 aromatic heterocycles. The van der Waals surface area contributed by atoms with Gasteiger partial charge in [-0.3, -0.25) is 4.99 Å². The molecule has 0 aliphatic carbocycles. The van der Waals surface area contributed by atoms with Crippen molar-refractivity contribution >= 4 is 29.9 Å². The zero-order valence-corrected chi connectivity index (χ0v) is 20.7. The van der Waals surface area contributed by atoms with Crippen molar-refractivity contribution in [3.8, 4) is 17.2 Å². The molecular formula is C23H32IN3O3. The van der Waals surface area contributed by atoms with Crippen LogP contribution in [0, 0.1) is 0 Å². The van der Waals surface area contributed by atoms with Crippen LogP contribution in [0.15, 0.2) is 41.4 Å². The molecule has 0 amide bonds. The van der Waals surface area contributed by atoms with Crippen molar-refractivity contribution in [1.29, 1.82) is 0 Å². The number of benzene rings is 2. The van der Waals surface area contributed by atoms with Crippen molar-refractivity contribution in [3.05, 3.63) is 53.1 Å². The van der Waals surface area contributed by atoms with Gasteiger partial charge in [0.2, 0.25) is 0 Å². The quantitative estimate of drug-likeness (QED) is 0.350. The van der Waals surface area contributed by atoms with Crippen LogP contribution in [0.25, 0.3) is 0 Å². The number of rotatable bonds is 6. The molecule has 1 unspecified atom stereocenters. The molecule has 0 spiro atoms. The second kappa shape index (κ2) is 11.3. The molecule has 30 heavy (non-hydrogen) atoms. The number of aliphatic imine (C=N–C) groups is 1. The van der Waals surface area contributed by atoms with E-state index in [0.717, 1.165) is 49.3 Å². The number of halogens is 1. The van der Waals surface area contributed by atoms with Crippen LogP contribution >= 0.6 is 24.0 Å². The fraction of sp³-hybridized carbons (Fsp3) is 0.435. The normalized spacial score (nSPS) is 14.3. The van der Waals surface area contributed by atoms with Crippen LogP contribution in [0.5, 0.6) is 17.2 Å². The summed E-state index contributed by atoms with van der Waals surface area (Å²) in [7, 11) is 6.89. The number of fused-ring (bicyclic) bond motifs is 1. The minimum absolute atomic E-state index is 0. The summed E-state index contributed by atoms with van der Waals surface area (Å²) in [4.78, 5) is 6.79. The zero-order valence-electron chi connectivity index (χ0n) is 18.4. The Labute approximate surface area is 196 Å². The number of nitrogens with zero attached hydrogens (tertiary/aromatic N) is 2. The molecule has 2 aromatic rings. The summed E-state index contributed by atoms with van der Waals surface area (Å²) in [5.41, 5.74) is 3.74. The summed E-state index contributed by atoms with van der Waals surface area (Å²) in [6.45, 7) is 4.67. The first kappa shape index (κ1) is 24.1. The van der Waals surface area contributed by atoms with E-state index in [9.17, 15) is 0 Å². The molecule has 0 radical (unpaired) electrons. The first-order chi connectivity index (χ1) is 14.1. The van der Waals surface area contributed by atoms with Crippen LogP contribution in [0.2, 0.25) is 0 Å². The summed E-state index contributed by atoms with van der Waals surface area (Å²) in [6.07, 6.45) is 0.943. The summed E-state index contributed by atoms with van der Waals surface area (Å²) in [6, 6.07) is 12.3. The van der Waals surface area contributed by atoms with Crippen molar-refractivity contribution in [2.75, 3.05) is 41.5 Å². The Morgan fingerprint density at radius 1 is 1.03 bits per heavy atom. The highest BCUT2D eigenvalue weighted by Gasteiger charge is 2.22. The first-order valence-corrected chi connectivity index (χ1v) is 9.93. The number of guanidine groups is 1. The highest BCUT2D eigenvalue weighted by molar-refractivity contribution is 14.0. The van der Waals surface area contributed by atoms with Crippen LogP contribution in [0.1, 0.15) is 29.5 Å². The molecule has 0 saturated carbocycles. The van der Waals surface area contributed by atoms with Gasteiger partial charge in [-0.15, -0.1) is 24.0 Å². The molecule has 7 heteroatoms. The average Bonchev–Trinajstić information content (AvgIpc) is 2.78. The van der Waals surface area contributed by atoms with Crippen LogP contribution in [-0.4, -0.2) is 52.3 Å². The molecule has 1 N–H and O–H groups in total. The Kier molecular flexibility index (Phi) is 9.08. The molecule has 2 aromatic carbocycles. The van der Waals surface area contributed by atoms with Crippen molar-refractivity contribution in [2.24, 2.45) is 4.99 Å². The third-order valence-electron chi connectivity index (χ3n) is 5.47. The fourth-order valence-electron chi connectivity index (χ4n) is 3.82. The number of nitrogens with one attached hydrogen (secondary N) is 1. The largest absolute Gasteiger partial charge is 0.496 e. The van der Waals surface area contributed by atoms with Gasteiger partial charge in [-0.05, 0) is 41.3 Å². The Bertz CT molecular complexity index is 873. The molecule has 0 bridgehead atoms. The highest BCUT2D eigenvalue weighted by atomic mass is 127. The van der Waals surface area contributed by atoms with Crippen LogP contribution in [0.3, 0.4) is 0 Å². The van der Waals surface area contributed by atoms with E-state index in [1.54, 1.807) is 21.3 Å². The molecule has 1 atom stereocenters. The van der Waals surface area contributed by atoms with E-state index in [1.165, 1.54) is 16.7 Å². The Morgan fingerprint density at radius 2 is 1.67 bits per heavy atom. The number of hydrogen-bond donors (Lipinski definition) is 1. The third kappa shape index (κ3) is 5.30. The predicted octanol–water partition coefficient (Wildman–Crippen LogP) is 4.07. The maximum absolute atomic E-state index is 5.51. The lowest BCUT2D eigenvalue weighted by molar-refractivity contribution is 0.345. The van der Waals surface area contributed by atoms with Crippen LogP contribution < -0.4 is 19.5 Å². The fourth-order valence-corrected chi connectivity index (χ4v) is 3.82. The Hall–Kier alpha value is -2.16. The van der Waals surface area contributed by atoms with E-state index >= 15 is 0 Å². The molecule has 1 heterocycles. The maximum Gasteiger partial charge on any atom is 0.193 e. The molecule has 1 aliphatic rings. The van der Waals surface area contributed by atoms with Gasteiger partial charge in [-0.25, -0.2) is 0 Å². The second-order valence-electron chi connectivity index (χ2n) is 7.22. The van der Waals surface area contributed by atoms with E-state index in [4.69, 9.17) is 14.2 Å². The number of hydrogen-bond acceptors (Lipinski definition) is 4.